The number of aromatic nitrogens is 4. The van der Waals surface area contributed by atoms with Crippen LogP contribution in [0.15, 0.2) is 47.4 Å². The quantitative estimate of drug-likeness (QED) is 0.421. The zero-order chi connectivity index (χ0) is 17.4. The first kappa shape index (κ1) is 16.8. The summed E-state index contributed by atoms with van der Waals surface area (Å²) in [5.41, 5.74) is 1.97. The number of halogens is 2. The minimum Gasteiger partial charge on any atom is -0.187 e. The van der Waals surface area contributed by atoms with Gasteiger partial charge in [0.15, 0.2) is 5.82 Å². The van der Waals surface area contributed by atoms with Crippen LogP contribution in [0.2, 0.25) is 10.0 Å². The maximum absolute atomic E-state index is 6.28. The smallest absolute Gasteiger partial charge is 0.187 e. The lowest BCUT2D eigenvalue weighted by atomic mass is 10.1. The Balaban J connectivity index is 1.69. The highest BCUT2D eigenvalue weighted by molar-refractivity contribution is 7.98. The Morgan fingerprint density at radius 1 is 1.08 bits per heavy atom. The molecule has 0 aliphatic carbocycles. The number of hydrogen-bond acceptors (Lipinski definition) is 5. The number of rotatable bonds is 4. The highest BCUT2D eigenvalue weighted by Gasteiger charge is 2.15. The van der Waals surface area contributed by atoms with Crippen molar-refractivity contribution in [3.8, 4) is 10.6 Å². The molecular weight excluding hydrogens is 395 g/mol. The van der Waals surface area contributed by atoms with Gasteiger partial charge in [-0.2, -0.15) is 9.61 Å². The number of thioether (sulfide) groups is 1. The van der Waals surface area contributed by atoms with Gasteiger partial charge in [0.05, 0.1) is 5.02 Å². The lowest BCUT2D eigenvalue weighted by molar-refractivity contribution is 0.854. The Bertz CT molecular complexity index is 1040. The van der Waals surface area contributed by atoms with Crippen LogP contribution in [0.4, 0.5) is 0 Å². The highest BCUT2D eigenvalue weighted by atomic mass is 35.5. The van der Waals surface area contributed by atoms with Crippen LogP contribution in [0.25, 0.3) is 15.5 Å². The van der Waals surface area contributed by atoms with Crippen LogP contribution in [0.5, 0.6) is 0 Å². The first-order valence-corrected chi connectivity index (χ1v) is 10.2. The van der Waals surface area contributed by atoms with Crippen molar-refractivity contribution in [1.29, 1.82) is 0 Å². The van der Waals surface area contributed by atoms with E-state index in [9.17, 15) is 0 Å². The van der Waals surface area contributed by atoms with Gasteiger partial charge in [0, 0.05) is 21.9 Å². The van der Waals surface area contributed by atoms with E-state index in [-0.39, 0.29) is 0 Å². The molecule has 0 fully saturated rings. The molecule has 2 heterocycles. The SMILES string of the molecule is CSc1ccc(Cc2nnc3sc(-c4cc(Cl)ccc4Cl)nn23)cc1. The van der Waals surface area contributed by atoms with E-state index >= 15 is 0 Å². The van der Waals surface area contributed by atoms with E-state index in [1.54, 1.807) is 28.4 Å². The van der Waals surface area contributed by atoms with Crippen LogP contribution in [0, 0.1) is 0 Å². The lowest BCUT2D eigenvalue weighted by Gasteiger charge is -2.01. The van der Waals surface area contributed by atoms with Crippen LogP contribution >= 0.6 is 46.3 Å². The van der Waals surface area contributed by atoms with Crippen LogP contribution in [-0.2, 0) is 6.42 Å². The molecule has 0 saturated carbocycles. The number of nitrogens with zero attached hydrogens (tertiary/aromatic N) is 4. The Morgan fingerprint density at radius 2 is 1.88 bits per heavy atom. The summed E-state index contributed by atoms with van der Waals surface area (Å²) < 4.78 is 1.78. The molecule has 8 heteroatoms. The largest absolute Gasteiger partial charge is 0.234 e. The fraction of sp³-hybridized carbons (Fsp3) is 0.118. The fourth-order valence-electron chi connectivity index (χ4n) is 2.46. The molecule has 0 aliphatic heterocycles. The second-order valence-corrected chi connectivity index (χ2v) is 8.05. The zero-order valence-electron chi connectivity index (χ0n) is 13.1. The normalized spacial score (nSPS) is 11.3. The van der Waals surface area contributed by atoms with Gasteiger partial charge in [-0.3, -0.25) is 0 Å². The first-order valence-electron chi connectivity index (χ1n) is 7.43. The Morgan fingerprint density at radius 3 is 2.64 bits per heavy atom. The van der Waals surface area contributed by atoms with Crippen LogP contribution < -0.4 is 0 Å². The predicted octanol–water partition coefficient (Wildman–Crippen LogP) is 5.47. The summed E-state index contributed by atoms with van der Waals surface area (Å²) in [4.78, 5) is 1.98. The van der Waals surface area contributed by atoms with Crippen molar-refractivity contribution < 1.29 is 0 Å². The Hall–Kier alpha value is -1.60. The maximum atomic E-state index is 6.28. The highest BCUT2D eigenvalue weighted by Crippen LogP contribution is 2.33. The van der Waals surface area contributed by atoms with Crippen molar-refractivity contribution in [3.05, 3.63) is 63.9 Å². The molecule has 4 aromatic rings. The van der Waals surface area contributed by atoms with Crippen molar-refractivity contribution in [3.63, 3.8) is 0 Å². The third-order valence-corrected chi connectivity index (χ3v) is 5.98. The number of fused-ring (bicyclic) bond motifs is 1. The van der Waals surface area contributed by atoms with Gasteiger partial charge in [0.25, 0.3) is 0 Å². The van der Waals surface area contributed by atoms with E-state index in [2.05, 4.69) is 45.8 Å². The van der Waals surface area contributed by atoms with Gasteiger partial charge >= 0.3 is 0 Å². The molecule has 0 radical (unpaired) electrons. The molecule has 0 spiro atoms. The molecule has 126 valence electrons. The van der Waals surface area contributed by atoms with Gasteiger partial charge in [0.2, 0.25) is 4.96 Å². The molecule has 2 aromatic heterocycles. The minimum atomic E-state index is 0.614. The van der Waals surface area contributed by atoms with E-state index in [0.717, 1.165) is 21.4 Å². The topological polar surface area (TPSA) is 43.1 Å². The fourth-order valence-corrected chi connectivity index (χ4v) is 4.20. The summed E-state index contributed by atoms with van der Waals surface area (Å²) in [6, 6.07) is 13.8. The summed E-state index contributed by atoms with van der Waals surface area (Å²) in [6.07, 6.45) is 2.73. The summed E-state index contributed by atoms with van der Waals surface area (Å²) in [5, 5.41) is 15.2. The lowest BCUT2D eigenvalue weighted by Crippen LogP contribution is -1.97. The predicted molar refractivity (Wildman–Crippen MR) is 105 cm³/mol. The third-order valence-electron chi connectivity index (χ3n) is 3.74. The summed E-state index contributed by atoms with van der Waals surface area (Å²) in [7, 11) is 0. The second-order valence-electron chi connectivity index (χ2n) is 5.37. The van der Waals surface area contributed by atoms with Crippen LogP contribution in [0.3, 0.4) is 0 Å². The van der Waals surface area contributed by atoms with Gasteiger partial charge in [0.1, 0.15) is 5.01 Å². The average Bonchev–Trinajstić information content (AvgIpc) is 3.20. The van der Waals surface area contributed by atoms with E-state index in [0.29, 0.717) is 16.5 Å². The third kappa shape index (κ3) is 3.40. The van der Waals surface area contributed by atoms with Gasteiger partial charge in [-0.05, 0) is 42.2 Å². The van der Waals surface area contributed by atoms with Gasteiger partial charge in [-0.1, -0.05) is 46.7 Å². The molecule has 0 aliphatic rings. The molecule has 25 heavy (non-hydrogen) atoms. The summed E-state index contributed by atoms with van der Waals surface area (Å²) in [5.74, 6) is 0.799. The van der Waals surface area contributed by atoms with Crippen molar-refractivity contribution in [2.75, 3.05) is 6.26 Å². The summed E-state index contributed by atoms with van der Waals surface area (Å²) >= 11 is 15.5. The van der Waals surface area contributed by atoms with E-state index < -0.39 is 0 Å². The average molecular weight is 407 g/mol. The molecule has 0 unspecified atom stereocenters. The minimum absolute atomic E-state index is 0.614. The van der Waals surface area contributed by atoms with Crippen molar-refractivity contribution in [1.82, 2.24) is 19.8 Å². The van der Waals surface area contributed by atoms with Crippen LogP contribution in [0.1, 0.15) is 11.4 Å². The standard InChI is InChI=1S/C17H12Cl2N4S2/c1-24-12-5-2-10(3-6-12)8-15-20-21-17-23(15)22-16(25-17)13-9-11(18)4-7-14(13)19/h2-7,9H,8H2,1H3. The molecular formula is C17H12Cl2N4S2. The van der Waals surface area contributed by atoms with E-state index in [1.165, 1.54) is 21.8 Å². The van der Waals surface area contributed by atoms with Crippen LogP contribution in [-0.4, -0.2) is 26.1 Å². The molecule has 4 nitrogen and oxygen atoms in total. The van der Waals surface area contributed by atoms with Crippen molar-refractivity contribution >= 4 is 51.3 Å². The van der Waals surface area contributed by atoms with Gasteiger partial charge in [-0.25, -0.2) is 0 Å². The summed E-state index contributed by atoms with van der Waals surface area (Å²) in [6.45, 7) is 0. The molecule has 0 atom stereocenters. The molecule has 2 aromatic carbocycles. The Kier molecular flexibility index (Phi) is 4.69. The van der Waals surface area contributed by atoms with Gasteiger partial charge < -0.3 is 0 Å². The molecule has 4 rings (SSSR count). The molecule has 0 saturated heterocycles. The van der Waals surface area contributed by atoms with E-state index in [4.69, 9.17) is 23.2 Å². The van der Waals surface area contributed by atoms with E-state index in [1.807, 2.05) is 6.07 Å². The molecule has 0 bridgehead atoms. The monoisotopic (exact) mass is 406 g/mol. The maximum Gasteiger partial charge on any atom is 0.234 e. The first-order chi connectivity index (χ1) is 12.1. The second kappa shape index (κ2) is 6.96. The number of benzene rings is 2. The number of hydrogen-bond donors (Lipinski definition) is 0. The van der Waals surface area contributed by atoms with Crippen molar-refractivity contribution in [2.45, 2.75) is 11.3 Å². The zero-order valence-corrected chi connectivity index (χ0v) is 16.3. The Labute approximate surface area is 162 Å². The van der Waals surface area contributed by atoms with Gasteiger partial charge in [-0.15, -0.1) is 22.0 Å². The molecule has 0 N–H and O–H groups in total. The van der Waals surface area contributed by atoms with Crippen molar-refractivity contribution in [2.24, 2.45) is 0 Å². The molecule has 0 amide bonds.